The van der Waals surface area contributed by atoms with Crippen molar-refractivity contribution in [2.45, 2.75) is 419 Å². The van der Waals surface area contributed by atoms with Gasteiger partial charge < -0.3 is 14.2 Å². The van der Waals surface area contributed by atoms with Crippen LogP contribution >= 0.6 is 0 Å². The van der Waals surface area contributed by atoms with Crippen molar-refractivity contribution < 1.29 is 28.6 Å². The normalized spacial score (nSPS) is 12.1. The second-order valence-electron chi connectivity index (χ2n) is 24.9. The maximum atomic E-state index is 13.0. The maximum absolute atomic E-state index is 13.0. The van der Waals surface area contributed by atoms with Crippen LogP contribution in [0.25, 0.3) is 0 Å². The average Bonchev–Trinajstić information content (AvgIpc) is 3.46. The quantitative estimate of drug-likeness (QED) is 0.0261. The SMILES string of the molecule is CCCCCCC/C=C\C/C=C\CCCCCCCCCCCC(=O)OC(COC(=O)CCCCCCCCCCCCCCCCCCCCC)COC(=O)CCCCCCCCCCCCCCCCCCCCCCCC. The van der Waals surface area contributed by atoms with Crippen molar-refractivity contribution in [1.29, 1.82) is 0 Å². The molecule has 0 aromatic rings. The third kappa shape index (κ3) is 66.7. The van der Waals surface area contributed by atoms with E-state index in [4.69, 9.17) is 14.2 Å². The molecule has 0 radical (unpaired) electrons. The Morgan fingerprint density at radius 2 is 0.450 bits per heavy atom. The molecule has 6 nitrogen and oxygen atoms in total. The van der Waals surface area contributed by atoms with E-state index in [9.17, 15) is 14.4 Å². The Hall–Kier alpha value is -2.11. The Balaban J connectivity index is 4.30. The second kappa shape index (κ2) is 69.4. The van der Waals surface area contributed by atoms with Crippen LogP contribution in [0.15, 0.2) is 24.3 Å². The molecule has 80 heavy (non-hydrogen) atoms. The molecule has 0 heterocycles. The zero-order valence-electron chi connectivity index (χ0n) is 54.4. The molecule has 1 unspecified atom stereocenters. The van der Waals surface area contributed by atoms with Gasteiger partial charge in [-0.3, -0.25) is 14.4 Å². The summed E-state index contributed by atoms with van der Waals surface area (Å²) in [6.07, 6.45) is 84.9. The molecule has 0 saturated heterocycles. The van der Waals surface area contributed by atoms with E-state index in [1.807, 2.05) is 0 Å². The van der Waals surface area contributed by atoms with Gasteiger partial charge in [0.05, 0.1) is 0 Å². The van der Waals surface area contributed by atoms with E-state index in [0.717, 1.165) is 64.2 Å². The lowest BCUT2D eigenvalue weighted by Gasteiger charge is -2.18. The highest BCUT2D eigenvalue weighted by molar-refractivity contribution is 5.71. The van der Waals surface area contributed by atoms with Gasteiger partial charge in [-0.05, 0) is 51.4 Å². The van der Waals surface area contributed by atoms with Gasteiger partial charge in [-0.2, -0.15) is 0 Å². The first-order valence-electron chi connectivity index (χ1n) is 36.3. The number of allylic oxidation sites excluding steroid dienone is 4. The van der Waals surface area contributed by atoms with Gasteiger partial charge in [-0.25, -0.2) is 0 Å². The molecule has 0 aromatic heterocycles. The van der Waals surface area contributed by atoms with Crippen LogP contribution in [0.2, 0.25) is 0 Å². The first-order chi connectivity index (χ1) is 39.5. The van der Waals surface area contributed by atoms with E-state index in [1.54, 1.807) is 0 Å². The summed E-state index contributed by atoms with van der Waals surface area (Å²) in [6.45, 7) is 6.72. The molecule has 0 aromatic carbocycles. The molecule has 0 fully saturated rings. The topological polar surface area (TPSA) is 78.9 Å². The fourth-order valence-corrected chi connectivity index (χ4v) is 11.2. The fourth-order valence-electron chi connectivity index (χ4n) is 11.2. The number of carbonyl (C=O) groups is 3. The van der Waals surface area contributed by atoms with Crippen molar-refractivity contribution >= 4 is 17.9 Å². The largest absolute Gasteiger partial charge is 0.462 e. The minimum Gasteiger partial charge on any atom is -0.462 e. The number of ether oxygens (including phenoxy) is 3. The van der Waals surface area contributed by atoms with Gasteiger partial charge in [0.15, 0.2) is 6.10 Å². The van der Waals surface area contributed by atoms with Crippen molar-refractivity contribution in [3.05, 3.63) is 24.3 Å². The Labute approximate surface area is 500 Å². The highest BCUT2D eigenvalue weighted by atomic mass is 16.6. The van der Waals surface area contributed by atoms with E-state index in [-0.39, 0.29) is 31.1 Å². The molecule has 0 bridgehead atoms. The number of carbonyl (C=O) groups excluding carboxylic acids is 3. The lowest BCUT2D eigenvalue weighted by atomic mass is 10.0. The zero-order valence-corrected chi connectivity index (χ0v) is 54.4. The summed E-state index contributed by atoms with van der Waals surface area (Å²) in [4.78, 5) is 38.5. The molecular weight excluding hydrogens is 985 g/mol. The van der Waals surface area contributed by atoms with Crippen LogP contribution in [0.4, 0.5) is 0 Å². The smallest absolute Gasteiger partial charge is 0.306 e. The maximum Gasteiger partial charge on any atom is 0.306 e. The van der Waals surface area contributed by atoms with Crippen LogP contribution in [0.5, 0.6) is 0 Å². The molecule has 0 rings (SSSR count). The van der Waals surface area contributed by atoms with Crippen molar-refractivity contribution in [3.63, 3.8) is 0 Å². The Kier molecular flexibility index (Phi) is 67.6. The van der Waals surface area contributed by atoms with Crippen molar-refractivity contribution in [3.8, 4) is 0 Å². The summed E-state index contributed by atoms with van der Waals surface area (Å²) in [5.41, 5.74) is 0. The minimum absolute atomic E-state index is 0.0661. The molecule has 0 aliphatic rings. The molecule has 0 N–H and O–H groups in total. The van der Waals surface area contributed by atoms with Crippen molar-refractivity contribution in [1.82, 2.24) is 0 Å². The predicted octanol–water partition coefficient (Wildman–Crippen LogP) is 25.0. The van der Waals surface area contributed by atoms with E-state index in [1.165, 1.54) is 308 Å². The van der Waals surface area contributed by atoms with Crippen LogP contribution in [-0.2, 0) is 28.6 Å². The number of hydrogen-bond acceptors (Lipinski definition) is 6. The Bertz CT molecular complexity index is 1290. The van der Waals surface area contributed by atoms with Gasteiger partial charge in [-0.15, -0.1) is 0 Å². The number of unbranched alkanes of at least 4 members (excludes halogenated alkanes) is 53. The third-order valence-electron chi connectivity index (χ3n) is 16.7. The molecule has 6 heteroatoms. The van der Waals surface area contributed by atoms with E-state index >= 15 is 0 Å². The van der Waals surface area contributed by atoms with Crippen LogP contribution in [0.3, 0.4) is 0 Å². The van der Waals surface area contributed by atoms with Gasteiger partial charge in [0.25, 0.3) is 0 Å². The molecule has 0 aliphatic heterocycles. The summed E-state index contributed by atoms with van der Waals surface area (Å²) in [5.74, 6) is -0.833. The molecular formula is C74H140O6. The fraction of sp³-hybridized carbons (Fsp3) is 0.905. The Morgan fingerprint density at radius 3 is 0.688 bits per heavy atom. The number of rotatable bonds is 68. The van der Waals surface area contributed by atoms with Gasteiger partial charge in [0.1, 0.15) is 13.2 Å². The van der Waals surface area contributed by atoms with Crippen LogP contribution in [0.1, 0.15) is 412 Å². The molecule has 0 amide bonds. The first kappa shape index (κ1) is 77.9. The van der Waals surface area contributed by atoms with E-state index < -0.39 is 6.10 Å². The van der Waals surface area contributed by atoms with Gasteiger partial charge >= 0.3 is 17.9 Å². The lowest BCUT2D eigenvalue weighted by molar-refractivity contribution is -0.167. The third-order valence-corrected chi connectivity index (χ3v) is 16.7. The zero-order chi connectivity index (χ0) is 57.8. The molecule has 1 atom stereocenters. The summed E-state index contributed by atoms with van der Waals surface area (Å²) < 4.78 is 17.0. The highest BCUT2D eigenvalue weighted by Gasteiger charge is 2.19. The summed E-state index contributed by atoms with van der Waals surface area (Å²) in [7, 11) is 0. The minimum atomic E-state index is -0.771. The van der Waals surface area contributed by atoms with E-state index in [0.29, 0.717) is 19.3 Å². The average molecular weight is 1130 g/mol. The van der Waals surface area contributed by atoms with Gasteiger partial charge in [0, 0.05) is 19.3 Å². The van der Waals surface area contributed by atoms with Crippen LogP contribution in [-0.4, -0.2) is 37.2 Å². The van der Waals surface area contributed by atoms with Crippen molar-refractivity contribution in [2.75, 3.05) is 13.2 Å². The summed E-state index contributed by atoms with van der Waals surface area (Å²) in [5, 5.41) is 0. The van der Waals surface area contributed by atoms with E-state index in [2.05, 4.69) is 45.1 Å². The lowest BCUT2D eigenvalue weighted by Crippen LogP contribution is -2.30. The van der Waals surface area contributed by atoms with Crippen LogP contribution in [0, 0.1) is 0 Å². The molecule has 0 spiro atoms. The molecule has 472 valence electrons. The Morgan fingerprint density at radius 1 is 0.250 bits per heavy atom. The van der Waals surface area contributed by atoms with Crippen molar-refractivity contribution in [2.24, 2.45) is 0 Å². The summed E-state index contributed by atoms with van der Waals surface area (Å²) in [6, 6.07) is 0. The van der Waals surface area contributed by atoms with Gasteiger partial charge in [0.2, 0.25) is 0 Å². The molecule has 0 aliphatic carbocycles. The predicted molar refractivity (Wildman–Crippen MR) is 349 cm³/mol. The standard InChI is InChI=1S/C74H140O6/c1-4-7-10-13-16-19-22-25-28-31-34-36-38-40-43-46-49-52-55-58-61-64-67-73(76)79-70-71(69-78-72(75)66-63-60-57-54-51-48-45-42-39-33-30-27-24-21-18-15-12-9-6-3)80-74(77)68-65-62-59-56-53-50-47-44-41-37-35-32-29-26-23-20-17-14-11-8-5-2/h23,26,32,35,71H,4-22,24-25,27-31,33-34,36-70H2,1-3H3/b26-23-,35-32-. The highest BCUT2D eigenvalue weighted by Crippen LogP contribution is 2.19. The second-order valence-corrected chi connectivity index (χ2v) is 24.9. The number of esters is 3. The summed E-state index contributed by atoms with van der Waals surface area (Å²) >= 11 is 0. The van der Waals surface area contributed by atoms with Crippen LogP contribution < -0.4 is 0 Å². The first-order valence-corrected chi connectivity index (χ1v) is 36.3. The monoisotopic (exact) mass is 1130 g/mol. The number of hydrogen-bond donors (Lipinski definition) is 0. The molecule has 0 saturated carbocycles. The van der Waals surface area contributed by atoms with Gasteiger partial charge in [-0.1, -0.05) is 366 Å².